The Morgan fingerprint density at radius 2 is 0.754 bits per heavy atom. The molecule has 0 aliphatic heterocycles. The second-order valence-electron chi connectivity index (χ2n) is 27.5. The number of fused-ring (bicyclic) bond motifs is 6. The fourth-order valence-electron chi connectivity index (χ4n) is 12.1. The molecule has 17 heterocycles. The van der Waals surface area contributed by atoms with Gasteiger partial charge in [-0.15, -0.1) is 11.4 Å². The summed E-state index contributed by atoms with van der Waals surface area (Å²) in [5.74, 6) is -0.441. The summed E-state index contributed by atoms with van der Waals surface area (Å²) in [4.78, 5) is 38.6. The molecule has 2 bridgehead atoms. The number of carboxylic acid groups (broad SMARTS) is 1. The van der Waals surface area contributed by atoms with Crippen LogP contribution in [-0.2, 0) is 140 Å². The van der Waals surface area contributed by atoms with Crippen molar-refractivity contribution >= 4 is 35.6 Å². The number of aryl methyl sites for hydroxylation is 7. The summed E-state index contributed by atoms with van der Waals surface area (Å²) >= 11 is -0.472. The molecule has 1 aromatic carbocycles. The fraction of sp³-hybridized carbons (Fsp3) is 0.195. The Kier molecular flexibility index (Phi) is 48.3. The van der Waals surface area contributed by atoms with Crippen LogP contribution in [0, 0.1) is 53.9 Å². The molecule has 2 aliphatic carbocycles. The number of rotatable bonds is 7. The van der Waals surface area contributed by atoms with Crippen LogP contribution in [0.2, 0.25) is 0 Å². The van der Waals surface area contributed by atoms with Crippen LogP contribution in [0.4, 0.5) is 26.3 Å². The van der Waals surface area contributed by atoms with Gasteiger partial charge in [0.2, 0.25) is 0 Å². The number of halogens is 8. The van der Waals surface area contributed by atoms with Crippen molar-refractivity contribution in [2.75, 3.05) is 0 Å². The smallest absolute Gasteiger partial charge is 0.582 e. The predicted octanol–water partition coefficient (Wildman–Crippen LogP) is 16.4. The van der Waals surface area contributed by atoms with Crippen molar-refractivity contribution in [2.24, 2.45) is 5.41 Å². The zero-order valence-electron chi connectivity index (χ0n) is 70.2. The minimum atomic E-state index is -4.46. The zero-order chi connectivity index (χ0) is 89.8. The van der Waals surface area contributed by atoms with E-state index in [0.717, 1.165) is 97.5 Å². The van der Waals surface area contributed by atoms with E-state index in [9.17, 15) is 31.1 Å². The van der Waals surface area contributed by atoms with Gasteiger partial charge in [-0.3, -0.25) is 29.9 Å². The SMILES string of the molecule is CC12CCC(c3c1n[n-]c3-c1nccc3ccccc13)C2(C)C.Cc1cc(-c2ccccn2)[n-]n1.Cc1cc(-c2ccccn2)[n-]n1.Cc1cc(-c2ccccn2)[n-]n1.Cc1cc(C)[n-]n1.Cc1cc(C)[n-]n1.FC(F)(F)c1cc(-c2ccccn2)[n-]n1.FC(F)(F)c1cc(-c2ccccn2)[n-]n1.O=C(O)c1ccccn1.[Cl][Pt][Cl].[Pt+2].[Pt+2].[Pt+2].[Pt+2].[Pt].c1cn[n-]c1.c1cn[n-]c1. The van der Waals surface area contributed by atoms with Gasteiger partial charge < -0.3 is 107 Å². The Morgan fingerprint density at radius 1 is 0.408 bits per heavy atom. The van der Waals surface area contributed by atoms with Gasteiger partial charge in [0.15, 0.2) is 0 Å². The van der Waals surface area contributed by atoms with Crippen LogP contribution in [0.15, 0.2) is 262 Å². The normalized spacial score (nSPS) is 12.8. The molecule has 0 amide bonds. The maximum atomic E-state index is 12.2. The molecule has 20 rings (SSSR count). The van der Waals surface area contributed by atoms with Crippen LogP contribution in [0.1, 0.15) is 113 Å². The molecule has 2 unspecified atom stereocenters. The molecule has 18 aromatic rings. The fourth-order valence-corrected chi connectivity index (χ4v) is 12.1. The summed E-state index contributed by atoms with van der Waals surface area (Å²) in [6.45, 7) is 20.6. The Bertz CT molecular complexity index is 5690. The first-order chi connectivity index (χ1) is 60.1. The number of alkyl halides is 6. The predicted molar refractivity (Wildman–Crippen MR) is 452 cm³/mol. The molecule has 29 nitrogen and oxygen atoms in total. The van der Waals surface area contributed by atoms with Gasteiger partial charge in [0.05, 0.1) is 5.69 Å². The van der Waals surface area contributed by atoms with Crippen LogP contribution in [0.25, 0.3) is 79.1 Å². The van der Waals surface area contributed by atoms with Crippen LogP contribution in [0.5, 0.6) is 0 Å². The first kappa shape index (κ1) is 112. The molecule has 17 aromatic heterocycles. The van der Waals surface area contributed by atoms with E-state index in [0.29, 0.717) is 17.3 Å². The van der Waals surface area contributed by atoms with Crippen molar-refractivity contribution in [3.8, 4) is 68.3 Å². The average Bonchev–Trinajstić information content (AvgIpc) is 1.52. The van der Waals surface area contributed by atoms with Gasteiger partial charge in [0, 0.05) is 150 Å². The molecular formula is C87H79Cl2F6N27O2Pt6-2. The number of benzene rings is 1. The van der Waals surface area contributed by atoms with Gasteiger partial charge in [-0.2, -0.15) is 38.7 Å². The number of carbonyl (C=O) groups is 1. The van der Waals surface area contributed by atoms with E-state index < -0.39 is 46.2 Å². The largest absolute Gasteiger partial charge is 2.00 e. The molecule has 43 heteroatoms. The van der Waals surface area contributed by atoms with Gasteiger partial charge in [-0.1, -0.05) is 172 Å². The van der Waals surface area contributed by atoms with Gasteiger partial charge in [0.25, 0.3) is 0 Å². The van der Waals surface area contributed by atoms with Crippen LogP contribution < -0.4 is 51.0 Å². The first-order valence-corrected chi connectivity index (χ1v) is 43.3. The summed E-state index contributed by atoms with van der Waals surface area (Å²) in [5.41, 5.74) is 16.0. The van der Waals surface area contributed by atoms with Crippen LogP contribution in [-0.4, -0.2) is 97.0 Å². The Hall–Kier alpha value is -10.6. The number of carboxylic acids is 1. The molecule has 0 spiro atoms. The summed E-state index contributed by atoms with van der Waals surface area (Å²) in [6, 6.07) is 57.2. The molecule has 692 valence electrons. The number of nitrogens with zero attached hydrogens (tertiary/aromatic N) is 27. The number of hydrogen-bond donors (Lipinski definition) is 1. The summed E-state index contributed by atoms with van der Waals surface area (Å²) < 4.78 is 73.2. The number of hydrogen-bond acceptors (Lipinski definition) is 18. The second-order valence-corrected chi connectivity index (χ2v) is 30.8. The molecule has 2 aliphatic rings. The van der Waals surface area contributed by atoms with E-state index in [-0.39, 0.29) is 133 Å². The Labute approximate surface area is 832 Å². The number of aromatic carboxylic acids is 1. The van der Waals surface area contributed by atoms with Crippen molar-refractivity contribution in [1.29, 1.82) is 0 Å². The Balaban J connectivity index is 0.000000305. The van der Waals surface area contributed by atoms with E-state index in [1.807, 2.05) is 140 Å². The zero-order valence-corrected chi connectivity index (χ0v) is 85.3. The van der Waals surface area contributed by atoms with Gasteiger partial charge >= 0.3 is 138 Å². The topological polar surface area (TPSA) is 397 Å². The standard InChI is InChI=1S/C20H20N3.2C9H5F3N3.3C9H8N3.C6H5NO2.2C5H7N2.2C3H3N2.2ClH.6Pt/c1-19(2)14-8-10-20(19,3)18-15(14)17(22-23-18)16-13-7-5-4-6-12(13)9-11-21-16;2*10-9(11,12)8-5-7(14-15-8)6-3-1-2-4-13-6;3*1-7-6-9(12-11-7)8-4-2-3-5-10-8;8-6(9)5-3-1-2-4-7-5;2*1-4-3-5(2)7-6-4;2*1-2-4-5-3-1;;;;;;;;/h4-7,9,11,14H,8,10H2,1-3H3;2*1-5H;3*2-6H,1H3;1-4H,(H,8,9);2*3H,1-2H3;2*1-3H;2*1H;;;;;;/q6*-1;;4*-1;;;;5*+2/p-2. The minimum Gasteiger partial charge on any atom is -0.582 e. The van der Waals surface area contributed by atoms with Crippen LogP contribution >= 0.6 is 18.8 Å². The maximum absolute atomic E-state index is 12.2. The van der Waals surface area contributed by atoms with Crippen molar-refractivity contribution in [2.45, 2.75) is 106 Å². The molecule has 0 saturated heterocycles. The maximum Gasteiger partial charge on any atom is 2.00 e. The van der Waals surface area contributed by atoms with E-state index in [4.69, 9.17) is 23.9 Å². The summed E-state index contributed by atoms with van der Waals surface area (Å²) in [6.07, 6.45) is 11.6. The van der Waals surface area contributed by atoms with Crippen molar-refractivity contribution in [1.82, 2.24) is 137 Å². The van der Waals surface area contributed by atoms with E-state index in [1.54, 1.807) is 104 Å². The Morgan fingerprint density at radius 3 is 1.02 bits per heavy atom. The van der Waals surface area contributed by atoms with E-state index in [2.05, 4.69) is 188 Å². The monoisotopic (exact) mass is 2890 g/mol. The molecule has 0 radical (unpaired) electrons. The molecule has 130 heavy (non-hydrogen) atoms. The van der Waals surface area contributed by atoms with E-state index in [1.165, 1.54) is 59.5 Å². The van der Waals surface area contributed by atoms with Crippen molar-refractivity contribution < 1.29 is 158 Å². The molecule has 1 N–H and O–H groups in total. The third-order valence-corrected chi connectivity index (χ3v) is 18.2. The quantitative estimate of drug-likeness (QED) is 0.145. The van der Waals surface area contributed by atoms with Gasteiger partial charge in [-0.25, -0.2) is 9.78 Å². The minimum absolute atomic E-state index is 0. The third kappa shape index (κ3) is 34.3. The molecule has 2 atom stereocenters. The van der Waals surface area contributed by atoms with Gasteiger partial charge in [0.1, 0.15) is 17.1 Å². The van der Waals surface area contributed by atoms with Crippen molar-refractivity contribution in [3.05, 3.63) is 330 Å². The van der Waals surface area contributed by atoms with Gasteiger partial charge in [-0.05, 0) is 161 Å². The summed E-state index contributed by atoms with van der Waals surface area (Å²) in [7, 11) is 9.75. The average molecular weight is 2890 g/mol. The summed E-state index contributed by atoms with van der Waals surface area (Å²) in [5, 5.41) is 85.5. The van der Waals surface area contributed by atoms with Crippen molar-refractivity contribution in [3.63, 3.8) is 0 Å². The molecular weight excluding hydrogens is 2810 g/mol. The number of pyridine rings is 7. The first-order valence-electron chi connectivity index (χ1n) is 37.7. The number of aromatic nitrogens is 27. The van der Waals surface area contributed by atoms with Crippen LogP contribution in [0.3, 0.4) is 0 Å². The van der Waals surface area contributed by atoms with E-state index >= 15 is 0 Å². The molecule has 1 saturated carbocycles. The molecule has 1 fully saturated rings. The third-order valence-electron chi connectivity index (χ3n) is 18.2. The second kappa shape index (κ2) is 56.2.